The molecule has 0 saturated heterocycles. The van der Waals surface area contributed by atoms with E-state index in [1.165, 1.54) is 0 Å². The van der Waals surface area contributed by atoms with Gasteiger partial charge in [0, 0.05) is 25.5 Å². The van der Waals surface area contributed by atoms with E-state index >= 15 is 0 Å². The van der Waals surface area contributed by atoms with Crippen LogP contribution in [0.15, 0.2) is 24.5 Å². The Kier molecular flexibility index (Phi) is 7.51. The van der Waals surface area contributed by atoms with Gasteiger partial charge < -0.3 is 15.5 Å². The van der Waals surface area contributed by atoms with Crippen molar-refractivity contribution in [3.05, 3.63) is 30.1 Å². The molecule has 6 nitrogen and oxygen atoms in total. The van der Waals surface area contributed by atoms with Gasteiger partial charge in [-0.2, -0.15) is 0 Å². The summed E-state index contributed by atoms with van der Waals surface area (Å²) in [6.45, 7) is 7.66. The standard InChI is InChI=1S/C17H28N4O2/c1-6-12(3)19-16(22)13(4)20-17(23)21(5)15(7-2)14-8-10-18-11-9-14/h8-13,15H,6-7H2,1-5H3,(H,19,22)(H,20,23)/t12-,13-,15-/m0/s1. The molecule has 1 aromatic heterocycles. The number of nitrogens with zero attached hydrogens (tertiary/aromatic N) is 2. The Hall–Kier alpha value is -2.11. The molecule has 1 aromatic rings. The number of carbonyl (C=O) groups excluding carboxylic acids is 2. The summed E-state index contributed by atoms with van der Waals surface area (Å²) in [5.74, 6) is -0.168. The van der Waals surface area contributed by atoms with Gasteiger partial charge in [-0.1, -0.05) is 13.8 Å². The Morgan fingerprint density at radius 1 is 1.13 bits per heavy atom. The maximum Gasteiger partial charge on any atom is 0.318 e. The molecule has 0 aromatic carbocycles. The molecule has 0 radical (unpaired) electrons. The third-order valence-corrected chi connectivity index (χ3v) is 4.00. The van der Waals surface area contributed by atoms with Crippen molar-refractivity contribution in [2.75, 3.05) is 7.05 Å². The molecule has 3 amide bonds. The predicted molar refractivity (Wildman–Crippen MR) is 90.9 cm³/mol. The highest BCUT2D eigenvalue weighted by Crippen LogP contribution is 2.22. The Balaban J connectivity index is 2.66. The molecular formula is C17H28N4O2. The fraction of sp³-hybridized carbons (Fsp3) is 0.588. The monoisotopic (exact) mass is 320 g/mol. The molecule has 0 unspecified atom stereocenters. The lowest BCUT2D eigenvalue weighted by Gasteiger charge is -2.29. The van der Waals surface area contributed by atoms with E-state index in [4.69, 9.17) is 0 Å². The van der Waals surface area contributed by atoms with Crippen molar-refractivity contribution < 1.29 is 9.59 Å². The number of pyridine rings is 1. The molecule has 0 bridgehead atoms. The summed E-state index contributed by atoms with van der Waals surface area (Å²) in [5.41, 5.74) is 1.02. The van der Waals surface area contributed by atoms with Crippen molar-refractivity contribution in [2.45, 2.75) is 58.7 Å². The molecule has 1 heterocycles. The van der Waals surface area contributed by atoms with E-state index in [-0.39, 0.29) is 24.0 Å². The Morgan fingerprint density at radius 3 is 2.26 bits per heavy atom. The minimum Gasteiger partial charge on any atom is -0.352 e. The Morgan fingerprint density at radius 2 is 1.74 bits per heavy atom. The average Bonchev–Trinajstić information content (AvgIpc) is 2.55. The van der Waals surface area contributed by atoms with Crippen LogP contribution in [0.2, 0.25) is 0 Å². The van der Waals surface area contributed by atoms with E-state index in [2.05, 4.69) is 15.6 Å². The van der Waals surface area contributed by atoms with E-state index in [1.54, 1.807) is 31.3 Å². The molecule has 2 N–H and O–H groups in total. The third-order valence-electron chi connectivity index (χ3n) is 4.00. The van der Waals surface area contributed by atoms with Crippen molar-refractivity contribution in [3.8, 4) is 0 Å². The topological polar surface area (TPSA) is 74.3 Å². The first-order valence-electron chi connectivity index (χ1n) is 8.14. The zero-order valence-corrected chi connectivity index (χ0v) is 14.7. The minimum absolute atomic E-state index is 0.0529. The van der Waals surface area contributed by atoms with Crippen LogP contribution in [0, 0.1) is 0 Å². The zero-order valence-electron chi connectivity index (χ0n) is 14.7. The van der Waals surface area contributed by atoms with Crippen molar-refractivity contribution in [2.24, 2.45) is 0 Å². The van der Waals surface area contributed by atoms with Gasteiger partial charge in [0.1, 0.15) is 6.04 Å². The number of carbonyl (C=O) groups is 2. The lowest BCUT2D eigenvalue weighted by atomic mass is 10.1. The first-order valence-corrected chi connectivity index (χ1v) is 8.14. The summed E-state index contributed by atoms with van der Waals surface area (Å²) >= 11 is 0. The predicted octanol–water partition coefficient (Wildman–Crippen LogP) is 2.48. The molecule has 128 valence electrons. The van der Waals surface area contributed by atoms with Gasteiger partial charge in [-0.15, -0.1) is 0 Å². The summed E-state index contributed by atoms with van der Waals surface area (Å²) in [6.07, 6.45) is 5.06. The van der Waals surface area contributed by atoms with Gasteiger partial charge in [0.2, 0.25) is 5.91 Å². The van der Waals surface area contributed by atoms with Crippen LogP contribution in [0.1, 0.15) is 52.1 Å². The summed E-state index contributed by atoms with van der Waals surface area (Å²) in [5, 5.41) is 5.62. The van der Waals surface area contributed by atoms with E-state index in [0.29, 0.717) is 0 Å². The van der Waals surface area contributed by atoms with Crippen LogP contribution in [0.5, 0.6) is 0 Å². The Labute approximate surface area is 138 Å². The molecule has 23 heavy (non-hydrogen) atoms. The van der Waals surface area contributed by atoms with Crippen LogP contribution >= 0.6 is 0 Å². The van der Waals surface area contributed by atoms with Gasteiger partial charge in [-0.25, -0.2) is 4.79 Å². The maximum absolute atomic E-state index is 12.4. The highest BCUT2D eigenvalue weighted by molar-refractivity contribution is 5.86. The summed E-state index contributed by atoms with van der Waals surface area (Å²) in [4.78, 5) is 30.1. The van der Waals surface area contributed by atoms with E-state index in [1.807, 2.05) is 32.9 Å². The average molecular weight is 320 g/mol. The second kappa shape index (κ2) is 9.12. The van der Waals surface area contributed by atoms with Crippen LogP contribution in [0.4, 0.5) is 4.79 Å². The number of amides is 3. The second-order valence-electron chi connectivity index (χ2n) is 5.80. The van der Waals surface area contributed by atoms with E-state index < -0.39 is 6.04 Å². The molecule has 0 aliphatic rings. The number of hydrogen-bond donors (Lipinski definition) is 2. The number of urea groups is 1. The highest BCUT2D eigenvalue weighted by Gasteiger charge is 2.23. The molecule has 6 heteroatoms. The first kappa shape index (κ1) is 18.9. The maximum atomic E-state index is 12.4. The smallest absolute Gasteiger partial charge is 0.318 e. The fourth-order valence-corrected chi connectivity index (χ4v) is 2.28. The summed E-state index contributed by atoms with van der Waals surface area (Å²) in [6, 6.07) is 3.01. The largest absolute Gasteiger partial charge is 0.352 e. The van der Waals surface area contributed by atoms with Crippen LogP contribution < -0.4 is 10.6 Å². The lowest BCUT2D eigenvalue weighted by Crippen LogP contribution is -2.51. The molecular weight excluding hydrogens is 292 g/mol. The SMILES string of the molecule is CC[C@H](C)NC(=O)[C@H](C)NC(=O)N(C)[C@@H](CC)c1ccncc1. The van der Waals surface area contributed by atoms with E-state index in [0.717, 1.165) is 18.4 Å². The van der Waals surface area contributed by atoms with Crippen molar-refractivity contribution in [1.29, 1.82) is 0 Å². The molecule has 0 saturated carbocycles. The molecule has 1 rings (SSSR count). The molecule has 0 fully saturated rings. The molecule has 0 aliphatic heterocycles. The number of hydrogen-bond acceptors (Lipinski definition) is 3. The third kappa shape index (κ3) is 5.54. The quantitative estimate of drug-likeness (QED) is 0.810. The normalized spacial score (nSPS) is 14.5. The minimum atomic E-state index is -0.575. The number of rotatable bonds is 7. The molecule has 3 atom stereocenters. The Bertz CT molecular complexity index is 507. The van der Waals surface area contributed by atoms with Gasteiger partial charge in [0.25, 0.3) is 0 Å². The number of aromatic nitrogens is 1. The van der Waals surface area contributed by atoms with Crippen LogP contribution in [0.25, 0.3) is 0 Å². The fourth-order valence-electron chi connectivity index (χ4n) is 2.28. The zero-order chi connectivity index (χ0) is 17.4. The van der Waals surface area contributed by atoms with Crippen LogP contribution in [-0.4, -0.2) is 41.0 Å². The number of nitrogens with one attached hydrogen (secondary N) is 2. The van der Waals surface area contributed by atoms with Crippen LogP contribution in [0.3, 0.4) is 0 Å². The van der Waals surface area contributed by atoms with Gasteiger partial charge in [-0.3, -0.25) is 9.78 Å². The molecule has 0 aliphatic carbocycles. The second-order valence-corrected chi connectivity index (χ2v) is 5.80. The van der Waals surface area contributed by atoms with E-state index in [9.17, 15) is 9.59 Å². The molecule has 0 spiro atoms. The van der Waals surface area contributed by atoms with Gasteiger partial charge in [-0.05, 0) is 44.4 Å². The van der Waals surface area contributed by atoms with Crippen molar-refractivity contribution in [1.82, 2.24) is 20.5 Å². The lowest BCUT2D eigenvalue weighted by molar-refractivity contribution is -0.123. The van der Waals surface area contributed by atoms with Crippen molar-refractivity contribution >= 4 is 11.9 Å². The van der Waals surface area contributed by atoms with Gasteiger partial charge >= 0.3 is 6.03 Å². The van der Waals surface area contributed by atoms with Gasteiger partial charge in [0.15, 0.2) is 0 Å². The van der Waals surface area contributed by atoms with Crippen LogP contribution in [-0.2, 0) is 4.79 Å². The first-order chi connectivity index (χ1) is 10.9. The highest BCUT2D eigenvalue weighted by atomic mass is 16.2. The van der Waals surface area contributed by atoms with Gasteiger partial charge in [0.05, 0.1) is 6.04 Å². The summed E-state index contributed by atoms with van der Waals surface area (Å²) < 4.78 is 0. The summed E-state index contributed by atoms with van der Waals surface area (Å²) in [7, 11) is 1.74. The van der Waals surface area contributed by atoms with Crippen molar-refractivity contribution in [3.63, 3.8) is 0 Å².